The van der Waals surface area contributed by atoms with Gasteiger partial charge in [-0.3, -0.25) is 16.4 Å². The molecule has 3 aromatic rings. The number of nitrogens with one attached hydrogen (secondary N) is 2. The van der Waals surface area contributed by atoms with Crippen LogP contribution in [0.5, 0.6) is 5.75 Å². The third kappa shape index (κ3) is 9.59. The van der Waals surface area contributed by atoms with Crippen LogP contribution in [0.3, 0.4) is 0 Å². The molecule has 3 aromatic carbocycles. The minimum Gasteiger partial charge on any atom is -0.473 e. The number of amides is 2. The largest absolute Gasteiger partial charge is 0.473 e. The van der Waals surface area contributed by atoms with E-state index in [9.17, 15) is 14.7 Å². The Bertz CT molecular complexity index is 1120. The molecule has 0 aliphatic rings. The fraction of sp³-hybridized carbons (Fsp3) is 0.355. The minimum atomic E-state index is -0.858. The smallest absolute Gasteiger partial charge is 0.411 e. The number of aliphatic hydroxyl groups excluding tert-OH is 1. The van der Waals surface area contributed by atoms with Crippen LogP contribution in [0, 0.1) is 5.92 Å². The number of nitrogens with two attached hydrogens (primary N) is 1. The van der Waals surface area contributed by atoms with E-state index in [-0.39, 0.29) is 25.0 Å². The maximum absolute atomic E-state index is 11.8. The summed E-state index contributed by atoms with van der Waals surface area (Å²) in [6, 6.07) is 24.4. The summed E-state index contributed by atoms with van der Waals surface area (Å²) in [6.45, 7) is 6.14. The summed E-state index contributed by atoms with van der Waals surface area (Å²) in [6.07, 6.45) is -1.57. The molecule has 0 fully saturated rings. The summed E-state index contributed by atoms with van der Waals surface area (Å²) in [5.74, 6) is 0.662. The highest BCUT2D eigenvalue weighted by Gasteiger charge is 2.24. The highest BCUT2D eigenvalue weighted by Crippen LogP contribution is 2.34. The molecule has 40 heavy (non-hydrogen) atoms. The Hall–Kier alpha value is -4.08. The molecule has 5 N–H and O–H groups in total. The van der Waals surface area contributed by atoms with Crippen molar-refractivity contribution in [1.82, 2.24) is 0 Å². The molecule has 214 valence electrons. The summed E-state index contributed by atoms with van der Waals surface area (Å²) >= 11 is 0. The Morgan fingerprint density at radius 1 is 0.775 bits per heavy atom. The van der Waals surface area contributed by atoms with Gasteiger partial charge in [0.1, 0.15) is 11.9 Å². The zero-order chi connectivity index (χ0) is 28.9. The summed E-state index contributed by atoms with van der Waals surface area (Å²) in [4.78, 5) is 23.6. The predicted molar refractivity (Wildman–Crippen MR) is 155 cm³/mol. The summed E-state index contributed by atoms with van der Waals surface area (Å²) in [5.41, 5.74) is 9.47. The molecule has 0 saturated carbocycles. The van der Waals surface area contributed by atoms with E-state index >= 15 is 0 Å². The maximum Gasteiger partial charge on any atom is 0.411 e. The van der Waals surface area contributed by atoms with Gasteiger partial charge < -0.3 is 19.3 Å². The lowest BCUT2D eigenvalue weighted by Crippen LogP contribution is -2.40. The summed E-state index contributed by atoms with van der Waals surface area (Å²) < 4.78 is 15.6. The molecule has 0 aromatic heterocycles. The lowest BCUT2D eigenvalue weighted by molar-refractivity contribution is 0.0243. The van der Waals surface area contributed by atoms with Crippen LogP contribution in [0.1, 0.15) is 50.7 Å². The van der Waals surface area contributed by atoms with Gasteiger partial charge in [-0.15, -0.1) is 0 Å². The molecule has 0 radical (unpaired) electrons. The predicted octanol–water partition coefficient (Wildman–Crippen LogP) is 6.10. The highest BCUT2D eigenvalue weighted by molar-refractivity contribution is 5.85. The second-order valence-corrected chi connectivity index (χ2v) is 9.53. The molecule has 0 spiro atoms. The number of hydrogen-bond acceptors (Lipinski definition) is 7. The molecular formula is C31H39N3O6. The zero-order valence-corrected chi connectivity index (χ0v) is 23.2. The number of carbonyl (C=O) groups is 2. The lowest BCUT2D eigenvalue weighted by Gasteiger charge is -2.26. The molecular weight excluding hydrogens is 510 g/mol. The lowest BCUT2D eigenvalue weighted by atomic mass is 9.82. The van der Waals surface area contributed by atoms with Crippen molar-refractivity contribution in [2.45, 2.75) is 51.9 Å². The quantitative estimate of drug-likeness (QED) is 0.190. The number of benzene rings is 3. The van der Waals surface area contributed by atoms with Crippen LogP contribution in [0.4, 0.5) is 21.0 Å². The molecule has 2 unspecified atom stereocenters. The van der Waals surface area contributed by atoms with Gasteiger partial charge in [-0.25, -0.2) is 9.59 Å². The van der Waals surface area contributed by atoms with Crippen molar-refractivity contribution < 1.29 is 28.9 Å². The fourth-order valence-corrected chi connectivity index (χ4v) is 4.41. The summed E-state index contributed by atoms with van der Waals surface area (Å²) in [7, 11) is 0. The van der Waals surface area contributed by atoms with Crippen LogP contribution in [0.15, 0.2) is 78.9 Å². The molecule has 0 heterocycles. The van der Waals surface area contributed by atoms with Gasteiger partial charge in [-0.2, -0.15) is 0 Å². The first-order chi connectivity index (χ1) is 19.3. The van der Waals surface area contributed by atoms with Gasteiger partial charge in [0.25, 0.3) is 0 Å². The van der Waals surface area contributed by atoms with E-state index in [1.54, 1.807) is 26.0 Å². The first-order valence-electron chi connectivity index (χ1n) is 13.5. The van der Waals surface area contributed by atoms with E-state index in [0.29, 0.717) is 30.0 Å². The highest BCUT2D eigenvalue weighted by atomic mass is 16.6. The van der Waals surface area contributed by atoms with Crippen LogP contribution in [0.2, 0.25) is 0 Å². The van der Waals surface area contributed by atoms with Crippen LogP contribution in [0.25, 0.3) is 0 Å². The van der Waals surface area contributed by atoms with Crippen molar-refractivity contribution in [2.75, 3.05) is 23.8 Å². The first kappa shape index (κ1) is 30.5. The van der Waals surface area contributed by atoms with Gasteiger partial charge in [0.15, 0.2) is 6.23 Å². The van der Waals surface area contributed by atoms with Gasteiger partial charge in [0, 0.05) is 17.3 Å². The number of anilines is 2. The fourth-order valence-electron chi connectivity index (χ4n) is 4.41. The Balaban J connectivity index is 1.75. The van der Waals surface area contributed by atoms with E-state index < -0.39 is 24.5 Å². The number of aliphatic hydroxyl groups is 1. The van der Waals surface area contributed by atoms with Crippen molar-refractivity contribution in [3.8, 4) is 5.75 Å². The molecule has 0 aliphatic carbocycles. The van der Waals surface area contributed by atoms with E-state index in [0.717, 1.165) is 11.1 Å². The molecule has 3 rings (SSSR count). The molecule has 3 atom stereocenters. The van der Waals surface area contributed by atoms with Gasteiger partial charge in [-0.1, -0.05) is 49.4 Å². The Morgan fingerprint density at radius 3 is 1.70 bits per heavy atom. The third-order valence-electron chi connectivity index (χ3n) is 6.35. The van der Waals surface area contributed by atoms with E-state index in [2.05, 4.69) is 17.6 Å². The number of rotatable bonds is 13. The Labute approximate surface area is 235 Å². The molecule has 2 amide bonds. The third-order valence-corrected chi connectivity index (χ3v) is 6.35. The molecule has 0 aliphatic heterocycles. The van der Waals surface area contributed by atoms with Crippen molar-refractivity contribution in [3.05, 3.63) is 90.0 Å². The van der Waals surface area contributed by atoms with Crippen molar-refractivity contribution in [3.63, 3.8) is 0 Å². The SMILES string of the molecule is CCOC(=O)Nc1ccc(C(CC(C)C[C@H](O)C(N)Oc2ccccc2)c2ccc(NC(=O)OCC)cc2)cc1. The van der Waals surface area contributed by atoms with E-state index in [1.165, 1.54) is 0 Å². The number of para-hydroxylation sites is 1. The first-order valence-corrected chi connectivity index (χ1v) is 13.5. The normalized spacial score (nSPS) is 13.2. The van der Waals surface area contributed by atoms with Crippen LogP contribution < -0.4 is 21.1 Å². The van der Waals surface area contributed by atoms with Crippen LogP contribution in [-0.4, -0.2) is 42.8 Å². The average Bonchev–Trinajstić information content (AvgIpc) is 2.93. The van der Waals surface area contributed by atoms with Gasteiger partial charge in [0.05, 0.1) is 13.2 Å². The van der Waals surface area contributed by atoms with Crippen LogP contribution >= 0.6 is 0 Å². The number of ether oxygens (including phenoxy) is 3. The van der Waals surface area contributed by atoms with Crippen molar-refractivity contribution in [1.29, 1.82) is 0 Å². The number of hydrogen-bond donors (Lipinski definition) is 4. The van der Waals surface area contributed by atoms with E-state index in [1.807, 2.05) is 66.7 Å². The standard InChI is InChI=1S/C31H39N3O6/c1-4-38-30(36)33-24-15-11-22(12-16-24)27(23-13-17-25(18-14-23)34-31(37)39-5-2)19-21(3)20-28(35)29(32)40-26-9-7-6-8-10-26/h6-18,21,27-29,35H,4-5,19-20,32H2,1-3H3,(H,33,36)(H,34,37)/t21?,28-,29?/m0/s1. The second kappa shape index (κ2) is 15.5. The second-order valence-electron chi connectivity index (χ2n) is 9.53. The minimum absolute atomic E-state index is 0.0262. The maximum atomic E-state index is 11.8. The van der Waals surface area contributed by atoms with Crippen molar-refractivity contribution in [2.24, 2.45) is 11.7 Å². The van der Waals surface area contributed by atoms with Gasteiger partial charge >= 0.3 is 12.2 Å². The molecule has 9 heteroatoms. The van der Waals surface area contributed by atoms with Crippen LogP contribution in [-0.2, 0) is 9.47 Å². The Kier molecular flexibility index (Phi) is 11.8. The average molecular weight is 550 g/mol. The topological polar surface area (TPSA) is 132 Å². The van der Waals surface area contributed by atoms with Crippen molar-refractivity contribution >= 4 is 23.6 Å². The molecule has 0 bridgehead atoms. The molecule has 0 saturated heterocycles. The monoisotopic (exact) mass is 549 g/mol. The zero-order valence-electron chi connectivity index (χ0n) is 23.2. The van der Waals surface area contributed by atoms with Gasteiger partial charge in [0.2, 0.25) is 0 Å². The Morgan fingerprint density at radius 2 is 1.25 bits per heavy atom. The number of carbonyl (C=O) groups excluding carboxylic acids is 2. The molecule has 9 nitrogen and oxygen atoms in total. The van der Waals surface area contributed by atoms with Gasteiger partial charge in [-0.05, 0) is 80.1 Å². The van der Waals surface area contributed by atoms with E-state index in [4.69, 9.17) is 19.9 Å². The summed E-state index contributed by atoms with van der Waals surface area (Å²) in [5, 5.41) is 16.2.